The van der Waals surface area contributed by atoms with E-state index in [2.05, 4.69) is 27.7 Å². The smallest absolute Gasteiger partial charge is 0.0207 e. The van der Waals surface area contributed by atoms with Crippen molar-refractivity contribution >= 4 is 0 Å². The van der Waals surface area contributed by atoms with E-state index in [1.54, 1.807) is 0 Å². The van der Waals surface area contributed by atoms with Gasteiger partial charge < -0.3 is 0 Å². The van der Waals surface area contributed by atoms with Crippen molar-refractivity contribution in [1.82, 2.24) is 0 Å². The molecule has 0 N–H and O–H groups in total. The van der Waals surface area contributed by atoms with Crippen LogP contribution in [0.2, 0.25) is 0 Å². The van der Waals surface area contributed by atoms with Crippen molar-refractivity contribution in [2.45, 2.75) is 118 Å². The zero-order valence-electron chi connectivity index (χ0n) is 16.1. The summed E-state index contributed by atoms with van der Waals surface area (Å²) in [6.07, 6.45) is 20.2. The van der Waals surface area contributed by atoms with Gasteiger partial charge in [0.05, 0.1) is 0 Å². The first-order chi connectivity index (χ1) is 10.7. The Hall–Kier alpha value is 0. The van der Waals surface area contributed by atoms with E-state index in [9.17, 15) is 0 Å². The van der Waals surface area contributed by atoms with Crippen molar-refractivity contribution in [3.05, 3.63) is 5.92 Å². The fourth-order valence-corrected chi connectivity index (χ4v) is 4.40. The van der Waals surface area contributed by atoms with Crippen LogP contribution in [0, 0.1) is 23.7 Å². The topological polar surface area (TPSA) is 0 Å². The highest BCUT2D eigenvalue weighted by Crippen LogP contribution is 2.42. The predicted octanol–water partition coefficient (Wildman–Crippen LogP) is 7.96. The maximum Gasteiger partial charge on any atom is -0.0207 e. The Kier molecular flexibility index (Phi) is 11.3. The Morgan fingerprint density at radius 1 is 0.864 bits per heavy atom. The van der Waals surface area contributed by atoms with Crippen LogP contribution in [0.5, 0.6) is 0 Å². The molecule has 1 rings (SSSR count). The molecule has 0 aromatic heterocycles. The number of unbranched alkanes of at least 4 members (excludes halogenated alkanes) is 2. The zero-order chi connectivity index (χ0) is 16.2. The van der Waals surface area contributed by atoms with Gasteiger partial charge in [-0.2, -0.15) is 0 Å². The molecule has 22 heavy (non-hydrogen) atoms. The van der Waals surface area contributed by atoms with Crippen LogP contribution in [-0.4, -0.2) is 0 Å². The van der Waals surface area contributed by atoms with E-state index in [0.717, 1.165) is 17.8 Å². The van der Waals surface area contributed by atoms with Crippen LogP contribution in [-0.2, 0) is 0 Å². The van der Waals surface area contributed by atoms with Crippen LogP contribution in [0.3, 0.4) is 0 Å². The summed E-state index contributed by atoms with van der Waals surface area (Å²) in [4.78, 5) is 0. The Balaban J connectivity index is 2.50. The van der Waals surface area contributed by atoms with Gasteiger partial charge in [0.1, 0.15) is 0 Å². The Morgan fingerprint density at radius 3 is 2.09 bits per heavy atom. The lowest BCUT2D eigenvalue weighted by Crippen LogP contribution is -2.23. The summed E-state index contributed by atoms with van der Waals surface area (Å²) in [5.74, 6) is 4.93. The van der Waals surface area contributed by atoms with Crippen LogP contribution >= 0.6 is 0 Å². The molecule has 0 aromatic carbocycles. The lowest BCUT2D eigenvalue weighted by molar-refractivity contribution is 0.265. The second-order valence-corrected chi connectivity index (χ2v) is 7.87. The molecule has 0 heterocycles. The minimum absolute atomic E-state index is 0.978. The minimum atomic E-state index is 0.978. The van der Waals surface area contributed by atoms with E-state index in [4.69, 9.17) is 0 Å². The summed E-state index contributed by atoms with van der Waals surface area (Å²) < 4.78 is 0. The minimum Gasteiger partial charge on any atom is -0.0654 e. The average Bonchev–Trinajstić information content (AvgIpc) is 2.56. The summed E-state index contributed by atoms with van der Waals surface area (Å²) in [7, 11) is 0. The molecule has 1 aliphatic carbocycles. The van der Waals surface area contributed by atoms with Gasteiger partial charge in [-0.1, -0.05) is 91.9 Å². The average molecular weight is 308 g/mol. The normalized spacial score (nSPS) is 22.6. The third-order valence-electron chi connectivity index (χ3n) is 6.13. The lowest BCUT2D eigenvalue weighted by Gasteiger charge is -2.35. The van der Waals surface area contributed by atoms with E-state index < -0.39 is 0 Å². The van der Waals surface area contributed by atoms with Crippen molar-refractivity contribution in [1.29, 1.82) is 0 Å². The van der Waals surface area contributed by atoms with Gasteiger partial charge in [-0.05, 0) is 49.4 Å². The van der Waals surface area contributed by atoms with Gasteiger partial charge in [0, 0.05) is 0 Å². The first-order valence-electron chi connectivity index (χ1n) is 10.6. The van der Waals surface area contributed by atoms with Gasteiger partial charge >= 0.3 is 0 Å². The van der Waals surface area contributed by atoms with Gasteiger partial charge in [0.2, 0.25) is 0 Å². The van der Waals surface area contributed by atoms with Gasteiger partial charge in [0.25, 0.3) is 0 Å². The highest BCUT2D eigenvalue weighted by Gasteiger charge is 2.29. The summed E-state index contributed by atoms with van der Waals surface area (Å²) in [5.41, 5.74) is 0. The number of hydrogen-bond acceptors (Lipinski definition) is 0. The molecule has 0 aliphatic heterocycles. The number of rotatable bonds is 12. The molecule has 3 atom stereocenters. The third-order valence-corrected chi connectivity index (χ3v) is 6.13. The molecule has 131 valence electrons. The largest absolute Gasteiger partial charge is 0.0654 e. The summed E-state index contributed by atoms with van der Waals surface area (Å²) in [5, 5.41) is 0. The fraction of sp³-hybridized carbons (Fsp3) is 0.955. The van der Waals surface area contributed by atoms with Crippen LogP contribution < -0.4 is 0 Å². The molecular formula is C22H43. The van der Waals surface area contributed by atoms with Crippen LogP contribution in [0.4, 0.5) is 0 Å². The second-order valence-electron chi connectivity index (χ2n) is 7.87. The molecule has 1 saturated carbocycles. The van der Waals surface area contributed by atoms with Crippen LogP contribution in [0.15, 0.2) is 0 Å². The van der Waals surface area contributed by atoms with Gasteiger partial charge in [0.15, 0.2) is 0 Å². The SMILES string of the molecule is CCCCC(CC)C[C]1CCCCC1CC(CC)CCCC. The van der Waals surface area contributed by atoms with Crippen molar-refractivity contribution in [2.24, 2.45) is 17.8 Å². The van der Waals surface area contributed by atoms with Crippen molar-refractivity contribution < 1.29 is 0 Å². The highest BCUT2D eigenvalue weighted by atomic mass is 14.3. The lowest BCUT2D eigenvalue weighted by atomic mass is 9.70. The van der Waals surface area contributed by atoms with Gasteiger partial charge in [-0.15, -0.1) is 0 Å². The summed E-state index contributed by atoms with van der Waals surface area (Å²) >= 11 is 0. The molecule has 3 unspecified atom stereocenters. The summed E-state index contributed by atoms with van der Waals surface area (Å²) in [6.45, 7) is 9.50. The quantitative estimate of drug-likeness (QED) is 0.343. The first-order valence-corrected chi connectivity index (χ1v) is 10.6. The molecule has 0 saturated heterocycles. The van der Waals surface area contributed by atoms with E-state index in [0.29, 0.717) is 0 Å². The monoisotopic (exact) mass is 307 g/mol. The first kappa shape index (κ1) is 20.0. The number of hydrogen-bond donors (Lipinski definition) is 0. The predicted molar refractivity (Wildman–Crippen MR) is 101 cm³/mol. The third kappa shape index (κ3) is 7.51. The molecule has 0 aromatic rings. The van der Waals surface area contributed by atoms with E-state index in [-0.39, 0.29) is 0 Å². The van der Waals surface area contributed by atoms with Gasteiger partial charge in [-0.3, -0.25) is 0 Å². The molecule has 0 bridgehead atoms. The molecular weight excluding hydrogens is 264 g/mol. The Labute approximate surface area is 141 Å². The highest BCUT2D eigenvalue weighted by molar-refractivity contribution is 5.01. The molecule has 1 aliphatic rings. The molecule has 0 spiro atoms. The van der Waals surface area contributed by atoms with Crippen molar-refractivity contribution in [3.63, 3.8) is 0 Å². The molecule has 0 nitrogen and oxygen atoms in total. The van der Waals surface area contributed by atoms with Gasteiger partial charge in [-0.25, -0.2) is 0 Å². The summed E-state index contributed by atoms with van der Waals surface area (Å²) in [6, 6.07) is 0. The second kappa shape index (κ2) is 12.4. The van der Waals surface area contributed by atoms with E-state index in [1.165, 1.54) is 89.9 Å². The maximum absolute atomic E-state index is 2.42. The zero-order valence-corrected chi connectivity index (χ0v) is 16.1. The molecule has 0 heteroatoms. The van der Waals surface area contributed by atoms with E-state index in [1.807, 2.05) is 5.92 Å². The van der Waals surface area contributed by atoms with Crippen molar-refractivity contribution in [3.8, 4) is 0 Å². The molecule has 0 amide bonds. The fourth-order valence-electron chi connectivity index (χ4n) is 4.40. The Morgan fingerprint density at radius 2 is 1.50 bits per heavy atom. The maximum atomic E-state index is 2.42. The van der Waals surface area contributed by atoms with Crippen LogP contribution in [0.1, 0.15) is 118 Å². The van der Waals surface area contributed by atoms with Crippen LogP contribution in [0.25, 0.3) is 0 Å². The standard InChI is InChI=1S/C22H43/c1-5-9-13-19(7-3)17-21-15-11-12-16-22(21)18-20(8-4)14-10-6-2/h19-21H,5-18H2,1-4H3. The van der Waals surface area contributed by atoms with Crippen molar-refractivity contribution in [2.75, 3.05) is 0 Å². The van der Waals surface area contributed by atoms with E-state index >= 15 is 0 Å². The molecule has 1 fully saturated rings. The Bertz CT molecular complexity index is 218. The molecule has 1 radical (unpaired) electrons.